The van der Waals surface area contributed by atoms with Gasteiger partial charge in [-0.15, -0.1) is 0 Å². The van der Waals surface area contributed by atoms with E-state index in [1.54, 1.807) is 24.7 Å². The molecular formula is C15H15N7O2S. The summed E-state index contributed by atoms with van der Waals surface area (Å²) in [5.41, 5.74) is 0.666. The zero-order chi connectivity index (χ0) is 17.4. The smallest absolute Gasteiger partial charge is 0.225 e. The Labute approximate surface area is 143 Å². The van der Waals surface area contributed by atoms with Crippen LogP contribution >= 0.6 is 0 Å². The minimum absolute atomic E-state index is 0.239. The van der Waals surface area contributed by atoms with Gasteiger partial charge in [0.1, 0.15) is 5.82 Å². The van der Waals surface area contributed by atoms with Gasteiger partial charge in [-0.3, -0.25) is 5.10 Å². The molecule has 128 valence electrons. The molecule has 10 heteroatoms. The van der Waals surface area contributed by atoms with Crippen LogP contribution in [0.1, 0.15) is 6.42 Å². The molecule has 0 aliphatic carbocycles. The summed E-state index contributed by atoms with van der Waals surface area (Å²) in [6.45, 7) is 1.18. The highest BCUT2D eigenvalue weighted by Gasteiger charge is 2.28. The fourth-order valence-electron chi connectivity index (χ4n) is 3.23. The van der Waals surface area contributed by atoms with Gasteiger partial charge < -0.3 is 4.90 Å². The van der Waals surface area contributed by atoms with E-state index in [0.717, 1.165) is 22.0 Å². The van der Waals surface area contributed by atoms with Crippen LogP contribution in [0.25, 0.3) is 21.8 Å². The van der Waals surface area contributed by atoms with E-state index in [1.165, 1.54) is 0 Å². The molecule has 3 aromatic rings. The highest BCUT2D eigenvalue weighted by Crippen LogP contribution is 2.31. The number of aromatic amines is 1. The van der Waals surface area contributed by atoms with Crippen molar-refractivity contribution < 1.29 is 8.42 Å². The summed E-state index contributed by atoms with van der Waals surface area (Å²) in [5.74, 6) is 0.289. The molecule has 1 aliphatic heterocycles. The van der Waals surface area contributed by atoms with Crippen molar-refractivity contribution in [3.63, 3.8) is 0 Å². The number of sulfonamides is 1. The average molecular weight is 357 g/mol. The summed E-state index contributed by atoms with van der Waals surface area (Å²) >= 11 is 0. The first-order valence-corrected chi connectivity index (χ1v) is 9.41. The van der Waals surface area contributed by atoms with Crippen molar-refractivity contribution in [2.24, 2.45) is 0 Å². The Morgan fingerprint density at radius 3 is 3.12 bits per heavy atom. The first-order valence-electron chi connectivity index (χ1n) is 7.76. The Morgan fingerprint density at radius 1 is 1.40 bits per heavy atom. The lowest BCUT2D eigenvalue weighted by molar-refractivity contribution is 0.564. The monoisotopic (exact) mass is 357 g/mol. The second kappa shape index (κ2) is 5.94. The van der Waals surface area contributed by atoms with Gasteiger partial charge in [-0.2, -0.15) is 10.4 Å². The molecule has 1 atom stereocenters. The van der Waals surface area contributed by atoms with Gasteiger partial charge in [0.2, 0.25) is 10.0 Å². The Kier molecular flexibility index (Phi) is 3.74. The number of nitrogens with one attached hydrogen (secondary N) is 2. The maximum atomic E-state index is 11.8. The molecule has 3 aromatic heterocycles. The largest absolute Gasteiger partial charge is 0.355 e. The molecule has 1 aliphatic rings. The second-order valence-corrected chi connectivity index (χ2v) is 7.71. The molecule has 4 rings (SSSR count). The van der Waals surface area contributed by atoms with E-state index in [0.29, 0.717) is 25.2 Å². The molecular weight excluding hydrogens is 342 g/mol. The van der Waals surface area contributed by atoms with Crippen molar-refractivity contribution in [1.82, 2.24) is 24.9 Å². The Balaban J connectivity index is 1.67. The Hall–Kier alpha value is -2.77. The second-order valence-electron chi connectivity index (χ2n) is 5.96. The lowest BCUT2D eigenvalue weighted by Crippen LogP contribution is -2.38. The van der Waals surface area contributed by atoms with Crippen LogP contribution in [-0.2, 0) is 10.0 Å². The molecule has 0 radical (unpaired) electrons. The maximum Gasteiger partial charge on any atom is 0.225 e. The van der Waals surface area contributed by atoms with Crippen molar-refractivity contribution in [2.75, 3.05) is 23.7 Å². The predicted octanol–water partition coefficient (Wildman–Crippen LogP) is 0.528. The molecule has 0 aromatic carbocycles. The summed E-state index contributed by atoms with van der Waals surface area (Å²) in [6, 6.07) is 3.34. The fourth-order valence-corrected chi connectivity index (χ4v) is 4.18. The molecule has 0 spiro atoms. The number of aromatic nitrogens is 4. The van der Waals surface area contributed by atoms with E-state index in [-0.39, 0.29) is 6.04 Å². The third-order valence-electron chi connectivity index (χ3n) is 4.28. The van der Waals surface area contributed by atoms with Gasteiger partial charge >= 0.3 is 0 Å². The summed E-state index contributed by atoms with van der Waals surface area (Å²) in [4.78, 5) is 10.6. The topological polar surface area (TPSA) is 128 Å². The number of fused-ring (bicyclic) bond motifs is 3. The lowest BCUT2D eigenvalue weighted by Gasteiger charge is -2.20. The van der Waals surface area contributed by atoms with Gasteiger partial charge in [0.05, 0.1) is 12.3 Å². The first-order chi connectivity index (χ1) is 12.1. The predicted molar refractivity (Wildman–Crippen MR) is 92.3 cm³/mol. The van der Waals surface area contributed by atoms with Crippen LogP contribution in [0, 0.1) is 11.3 Å². The molecule has 4 heterocycles. The molecule has 9 nitrogen and oxygen atoms in total. The summed E-state index contributed by atoms with van der Waals surface area (Å²) < 4.78 is 26.2. The van der Waals surface area contributed by atoms with Gasteiger partial charge in [0.25, 0.3) is 0 Å². The van der Waals surface area contributed by atoms with E-state index >= 15 is 0 Å². The molecule has 1 saturated heterocycles. The van der Waals surface area contributed by atoms with Crippen molar-refractivity contribution >= 4 is 37.6 Å². The van der Waals surface area contributed by atoms with Crippen LogP contribution < -0.4 is 9.62 Å². The lowest BCUT2D eigenvalue weighted by atomic mass is 10.1. The van der Waals surface area contributed by atoms with E-state index in [2.05, 4.69) is 29.8 Å². The molecule has 2 N–H and O–H groups in total. The van der Waals surface area contributed by atoms with E-state index < -0.39 is 15.8 Å². The molecule has 1 fully saturated rings. The molecule has 0 amide bonds. The summed E-state index contributed by atoms with van der Waals surface area (Å²) in [6.07, 6.45) is 5.81. The van der Waals surface area contributed by atoms with Crippen LogP contribution in [0.15, 0.2) is 24.7 Å². The third-order valence-corrected chi connectivity index (χ3v) is 5.48. The van der Waals surface area contributed by atoms with Gasteiger partial charge in [-0.25, -0.2) is 23.1 Å². The Morgan fingerprint density at radius 2 is 2.28 bits per heavy atom. The standard InChI is InChI=1S/C15H15N7O2S/c16-3-6-25(23,24)21-11-2-5-22(9-11)15-13-10(8-19-20-15)7-18-14-12(13)1-4-17-14/h1,4,7-8,11,20-21H,2,5-6,9H2. The zero-order valence-corrected chi connectivity index (χ0v) is 14.0. The number of pyridine rings is 1. The van der Waals surface area contributed by atoms with Crippen LogP contribution in [0.4, 0.5) is 5.82 Å². The highest BCUT2D eigenvalue weighted by atomic mass is 32.2. The average Bonchev–Trinajstić information content (AvgIpc) is 3.22. The molecule has 25 heavy (non-hydrogen) atoms. The number of anilines is 1. The summed E-state index contributed by atoms with van der Waals surface area (Å²) in [5, 5.41) is 18.6. The van der Waals surface area contributed by atoms with Gasteiger partial charge in [-0.1, -0.05) is 0 Å². The van der Waals surface area contributed by atoms with Crippen molar-refractivity contribution in [3.8, 4) is 6.07 Å². The van der Waals surface area contributed by atoms with E-state index in [4.69, 9.17) is 5.26 Å². The third kappa shape index (κ3) is 2.88. The quantitative estimate of drug-likeness (QED) is 0.697. The number of nitriles is 1. The number of H-pyrrole nitrogens is 1. The maximum absolute atomic E-state index is 11.8. The molecule has 0 saturated carbocycles. The van der Waals surface area contributed by atoms with Crippen molar-refractivity contribution in [1.29, 1.82) is 5.26 Å². The Bertz CT molecular complexity index is 1090. The molecule has 0 bridgehead atoms. The normalized spacial score (nSPS) is 18.0. The number of hydrogen-bond acceptors (Lipinski definition) is 7. The van der Waals surface area contributed by atoms with Crippen molar-refractivity contribution in [3.05, 3.63) is 24.7 Å². The van der Waals surface area contributed by atoms with E-state index in [9.17, 15) is 8.42 Å². The van der Waals surface area contributed by atoms with Gasteiger partial charge in [0.15, 0.2) is 11.4 Å². The van der Waals surface area contributed by atoms with Crippen molar-refractivity contribution in [2.45, 2.75) is 12.5 Å². The van der Waals surface area contributed by atoms with E-state index in [1.807, 2.05) is 6.07 Å². The minimum Gasteiger partial charge on any atom is -0.355 e. The minimum atomic E-state index is -3.57. The van der Waals surface area contributed by atoms with Crippen LogP contribution in [0.5, 0.6) is 0 Å². The fraction of sp³-hybridized carbons (Fsp3) is 0.333. The highest BCUT2D eigenvalue weighted by molar-refractivity contribution is 7.89. The molecule has 1 unspecified atom stereocenters. The number of hydrogen-bond donors (Lipinski definition) is 2. The van der Waals surface area contributed by atoms with Crippen LogP contribution in [-0.4, -0.2) is 53.5 Å². The van der Waals surface area contributed by atoms with Gasteiger partial charge in [-0.05, 0) is 12.5 Å². The number of rotatable bonds is 4. The summed E-state index contributed by atoms with van der Waals surface area (Å²) in [7, 11) is -3.57. The number of nitrogens with zero attached hydrogens (tertiary/aromatic N) is 5. The zero-order valence-electron chi connectivity index (χ0n) is 13.2. The van der Waals surface area contributed by atoms with Gasteiger partial charge in [0, 0.05) is 47.7 Å². The SMILES string of the molecule is N#CCS(=O)(=O)NC1CCN(c2[nH]ncc3cnc4nccc4c23)C1. The van der Waals surface area contributed by atoms with Crippen LogP contribution in [0.2, 0.25) is 0 Å². The first kappa shape index (κ1) is 15.7. The van der Waals surface area contributed by atoms with Crippen LogP contribution in [0.3, 0.4) is 0 Å².